The van der Waals surface area contributed by atoms with E-state index in [-0.39, 0.29) is 36.8 Å². The van der Waals surface area contributed by atoms with Crippen LogP contribution in [0.15, 0.2) is 36.5 Å². The van der Waals surface area contributed by atoms with E-state index >= 15 is 0 Å². The number of H-pyrrole nitrogens is 1. The molecule has 1 aliphatic heterocycles. The van der Waals surface area contributed by atoms with Gasteiger partial charge in [-0.15, -0.1) is 24.8 Å². The van der Waals surface area contributed by atoms with Crippen molar-refractivity contribution in [3.63, 3.8) is 0 Å². The average molecular weight is 429 g/mol. The Kier molecular flexibility index (Phi) is 7.06. The average Bonchev–Trinajstić information content (AvgIpc) is 3.02. The maximum absolute atomic E-state index is 13.2. The van der Waals surface area contributed by atoms with Crippen LogP contribution >= 0.6 is 36.4 Å². The van der Waals surface area contributed by atoms with Crippen LogP contribution in [0.2, 0.25) is 5.02 Å². The van der Waals surface area contributed by atoms with Gasteiger partial charge in [-0.05, 0) is 24.6 Å². The number of piperazine rings is 1. The Labute approximate surface area is 174 Å². The summed E-state index contributed by atoms with van der Waals surface area (Å²) in [4.78, 5) is 19.3. The Hall–Kier alpha value is -1.86. The number of nitrogens with one attached hydrogen (secondary N) is 2. The summed E-state index contributed by atoms with van der Waals surface area (Å²) in [5.74, 6) is -0.0404. The lowest BCUT2D eigenvalue weighted by Gasteiger charge is -2.37. The van der Waals surface area contributed by atoms with Crippen LogP contribution < -0.4 is 5.32 Å². The van der Waals surface area contributed by atoms with Gasteiger partial charge >= 0.3 is 0 Å². The van der Waals surface area contributed by atoms with Crippen molar-refractivity contribution >= 4 is 53.4 Å². The van der Waals surface area contributed by atoms with E-state index in [1.807, 2.05) is 42.2 Å². The van der Waals surface area contributed by atoms with E-state index in [4.69, 9.17) is 11.6 Å². The normalized spacial score (nSPS) is 16.5. The number of benzene rings is 1. The predicted octanol–water partition coefficient (Wildman–Crippen LogP) is 3.55. The third-order valence-corrected chi connectivity index (χ3v) is 4.96. The number of aromatic amines is 1. The molecule has 0 spiro atoms. The van der Waals surface area contributed by atoms with Gasteiger partial charge in [0, 0.05) is 41.9 Å². The lowest BCUT2D eigenvalue weighted by molar-refractivity contribution is 0.0634. The Balaban J connectivity index is 0.00000131. The first-order valence-corrected chi connectivity index (χ1v) is 8.60. The minimum Gasteiger partial charge on any atom is -0.329 e. The van der Waals surface area contributed by atoms with E-state index in [0.717, 1.165) is 23.2 Å². The summed E-state index contributed by atoms with van der Waals surface area (Å²) < 4.78 is 0. The quantitative estimate of drug-likeness (QED) is 0.654. The van der Waals surface area contributed by atoms with Gasteiger partial charge in [0.25, 0.3) is 5.91 Å². The number of halogens is 3. The van der Waals surface area contributed by atoms with Gasteiger partial charge in [0.2, 0.25) is 0 Å². The lowest BCUT2D eigenvalue weighted by Crippen LogP contribution is -2.48. The highest BCUT2D eigenvalue weighted by Gasteiger charge is 2.30. The highest BCUT2D eigenvalue weighted by molar-refractivity contribution is 6.31. The summed E-state index contributed by atoms with van der Waals surface area (Å²) in [6, 6.07) is 9.43. The molecule has 1 fully saturated rings. The second-order valence-corrected chi connectivity index (χ2v) is 6.59. The van der Waals surface area contributed by atoms with Crippen molar-refractivity contribution in [1.29, 1.82) is 0 Å². The number of hydrogen-bond acceptors (Lipinski definition) is 4. The number of fused-ring (bicyclic) bond motifs is 1. The van der Waals surface area contributed by atoms with Crippen LogP contribution in [0.1, 0.15) is 27.7 Å². The molecule has 1 unspecified atom stereocenters. The van der Waals surface area contributed by atoms with Gasteiger partial charge in [0.1, 0.15) is 0 Å². The van der Waals surface area contributed by atoms with E-state index in [1.165, 1.54) is 0 Å². The van der Waals surface area contributed by atoms with E-state index < -0.39 is 0 Å². The van der Waals surface area contributed by atoms with Crippen LogP contribution in [-0.4, -0.2) is 45.6 Å². The molecule has 1 atom stereocenters. The zero-order chi connectivity index (χ0) is 17.4. The molecule has 0 saturated carbocycles. The summed E-state index contributed by atoms with van der Waals surface area (Å²) in [6.07, 6.45) is 1.59. The molecule has 27 heavy (non-hydrogen) atoms. The number of aromatic nitrogens is 3. The van der Waals surface area contributed by atoms with Gasteiger partial charge in [-0.3, -0.25) is 9.89 Å². The molecule has 3 heterocycles. The Bertz CT molecular complexity index is 946. The number of aryl methyl sites for hydroxylation is 1. The molecule has 1 aromatic carbocycles. The number of amides is 1. The van der Waals surface area contributed by atoms with E-state index in [0.29, 0.717) is 29.3 Å². The molecule has 9 heteroatoms. The van der Waals surface area contributed by atoms with E-state index in [1.54, 1.807) is 6.20 Å². The number of carbonyl (C=O) groups excluding carboxylic acids is 1. The molecule has 1 saturated heterocycles. The summed E-state index contributed by atoms with van der Waals surface area (Å²) in [7, 11) is 0. The van der Waals surface area contributed by atoms with Crippen molar-refractivity contribution in [3.8, 4) is 0 Å². The molecule has 0 aliphatic carbocycles. The van der Waals surface area contributed by atoms with Crippen LogP contribution in [0, 0.1) is 6.92 Å². The maximum Gasteiger partial charge on any atom is 0.256 e. The smallest absolute Gasteiger partial charge is 0.256 e. The third kappa shape index (κ3) is 4.04. The number of carbonyl (C=O) groups is 1. The van der Waals surface area contributed by atoms with Gasteiger partial charge in [-0.1, -0.05) is 29.8 Å². The fourth-order valence-electron chi connectivity index (χ4n) is 3.27. The van der Waals surface area contributed by atoms with Gasteiger partial charge < -0.3 is 10.2 Å². The number of pyridine rings is 1. The van der Waals surface area contributed by atoms with Crippen LogP contribution in [0.25, 0.3) is 11.0 Å². The Morgan fingerprint density at radius 2 is 2.07 bits per heavy atom. The summed E-state index contributed by atoms with van der Waals surface area (Å²) in [5.41, 5.74) is 3.05. The summed E-state index contributed by atoms with van der Waals surface area (Å²) >= 11 is 6.37. The SMILES string of the molecule is Cc1[nH]nc2ncc(C(=O)N3CCNCC3c3ccccc3Cl)cc12.Cl.Cl. The van der Waals surface area contributed by atoms with Crippen molar-refractivity contribution in [2.45, 2.75) is 13.0 Å². The van der Waals surface area contributed by atoms with Crippen molar-refractivity contribution < 1.29 is 4.79 Å². The molecular weight excluding hydrogens is 409 g/mol. The fourth-order valence-corrected chi connectivity index (χ4v) is 3.53. The van der Waals surface area contributed by atoms with Crippen LogP contribution in [0.3, 0.4) is 0 Å². The second-order valence-electron chi connectivity index (χ2n) is 6.18. The molecule has 144 valence electrons. The molecule has 6 nitrogen and oxygen atoms in total. The van der Waals surface area contributed by atoms with Gasteiger partial charge in [-0.2, -0.15) is 5.10 Å². The molecule has 4 rings (SSSR count). The van der Waals surface area contributed by atoms with Crippen LogP contribution in [0.5, 0.6) is 0 Å². The van der Waals surface area contributed by atoms with Gasteiger partial charge in [0.15, 0.2) is 5.65 Å². The number of hydrogen-bond donors (Lipinski definition) is 2. The molecule has 2 aromatic heterocycles. The molecule has 0 bridgehead atoms. The monoisotopic (exact) mass is 427 g/mol. The van der Waals surface area contributed by atoms with Gasteiger partial charge in [0.05, 0.1) is 11.6 Å². The predicted molar refractivity (Wildman–Crippen MR) is 111 cm³/mol. The summed E-state index contributed by atoms with van der Waals surface area (Å²) in [5, 5.41) is 11.9. The van der Waals surface area contributed by atoms with Crippen LogP contribution in [0.4, 0.5) is 0 Å². The standard InChI is InChI=1S/C18H18ClN5O.2ClH/c1-11-14-8-12(9-21-17(14)23-22-11)18(25)24-7-6-20-10-16(24)13-4-2-3-5-15(13)19;;/h2-5,8-9,16,20H,6-7,10H2,1H3,(H,21,22,23);2*1H. The highest BCUT2D eigenvalue weighted by Crippen LogP contribution is 2.30. The number of nitrogens with zero attached hydrogens (tertiary/aromatic N) is 3. The molecule has 1 aliphatic rings. The molecule has 1 amide bonds. The van der Waals surface area contributed by atoms with E-state index in [9.17, 15) is 4.79 Å². The van der Waals surface area contributed by atoms with E-state index in [2.05, 4.69) is 20.5 Å². The highest BCUT2D eigenvalue weighted by atomic mass is 35.5. The molecular formula is C18H20Cl3N5O. The minimum atomic E-state index is -0.101. The van der Waals surface area contributed by atoms with Crippen molar-refractivity contribution in [1.82, 2.24) is 25.4 Å². The zero-order valence-electron chi connectivity index (χ0n) is 14.6. The van der Waals surface area contributed by atoms with Crippen LogP contribution in [-0.2, 0) is 0 Å². The zero-order valence-corrected chi connectivity index (χ0v) is 17.0. The Morgan fingerprint density at radius 3 is 2.85 bits per heavy atom. The molecule has 3 aromatic rings. The Morgan fingerprint density at radius 1 is 1.30 bits per heavy atom. The minimum absolute atomic E-state index is 0. The second kappa shape index (κ2) is 8.89. The number of rotatable bonds is 2. The van der Waals surface area contributed by atoms with Crippen molar-refractivity contribution in [2.24, 2.45) is 0 Å². The molecule has 0 radical (unpaired) electrons. The van der Waals surface area contributed by atoms with Crippen molar-refractivity contribution in [3.05, 3.63) is 58.4 Å². The largest absolute Gasteiger partial charge is 0.329 e. The first kappa shape index (κ1) is 21.4. The maximum atomic E-state index is 13.2. The van der Waals surface area contributed by atoms with Gasteiger partial charge in [-0.25, -0.2) is 4.98 Å². The fraction of sp³-hybridized carbons (Fsp3) is 0.278. The third-order valence-electron chi connectivity index (χ3n) is 4.62. The first-order valence-electron chi connectivity index (χ1n) is 8.22. The lowest BCUT2D eigenvalue weighted by atomic mass is 10.0. The van der Waals surface area contributed by atoms with Crippen molar-refractivity contribution in [2.75, 3.05) is 19.6 Å². The summed E-state index contributed by atoms with van der Waals surface area (Å²) in [6.45, 7) is 3.97. The first-order chi connectivity index (χ1) is 12.1. The molecule has 2 N–H and O–H groups in total. The topological polar surface area (TPSA) is 73.9 Å².